The van der Waals surface area contributed by atoms with E-state index in [2.05, 4.69) is 48.1 Å². The molecule has 1 aliphatic rings. The normalized spacial score (nSPS) is 33.3. The molecule has 0 spiro atoms. The maximum Gasteiger partial charge on any atom is -0.0117 e. The van der Waals surface area contributed by atoms with Crippen LogP contribution in [0, 0.1) is 16.2 Å². The van der Waals surface area contributed by atoms with Gasteiger partial charge in [-0.05, 0) is 55.3 Å². The van der Waals surface area contributed by atoms with Crippen LogP contribution < -0.4 is 0 Å². The van der Waals surface area contributed by atoms with Crippen LogP contribution in [-0.2, 0) is 0 Å². The molecule has 100 valence electrons. The molecule has 0 bridgehead atoms. The van der Waals surface area contributed by atoms with E-state index < -0.39 is 0 Å². The molecule has 1 unspecified atom stereocenters. The first-order chi connectivity index (χ1) is 7.56. The summed E-state index contributed by atoms with van der Waals surface area (Å²) in [6, 6.07) is 0. The third kappa shape index (κ3) is 4.16. The fraction of sp³-hybridized carbons (Fsp3) is 0.882. The largest absolute Gasteiger partial charge is 0.0996 e. The summed E-state index contributed by atoms with van der Waals surface area (Å²) in [6.07, 6.45) is 8.06. The second kappa shape index (κ2) is 4.78. The van der Waals surface area contributed by atoms with Crippen LogP contribution in [0.4, 0.5) is 0 Å². The highest BCUT2D eigenvalue weighted by molar-refractivity contribution is 5.07. The Labute approximate surface area is 109 Å². The molecule has 0 aromatic heterocycles. The first-order valence-electron chi connectivity index (χ1n) is 7.22. The summed E-state index contributed by atoms with van der Waals surface area (Å²) < 4.78 is 0. The number of hydrogen-bond donors (Lipinski definition) is 0. The minimum absolute atomic E-state index is 0.338. The standard InChI is InChI=1S/C17H32/c1-14(2)17(7)12-11-15(3,4)9-8-10-16(5,6)13-17/h1,8-13H2,2-7H3. The van der Waals surface area contributed by atoms with Gasteiger partial charge in [0.1, 0.15) is 0 Å². The Kier molecular flexibility index (Phi) is 4.16. The summed E-state index contributed by atoms with van der Waals surface area (Å²) >= 11 is 0. The average Bonchev–Trinajstić information content (AvgIpc) is 2.16. The SMILES string of the molecule is C=C(C)C1(C)CCC(C)(C)CCCC(C)(C)C1. The number of rotatable bonds is 1. The summed E-state index contributed by atoms with van der Waals surface area (Å²) in [6.45, 7) is 18.7. The second-order valence-corrected chi connectivity index (χ2v) is 8.20. The molecule has 0 amide bonds. The Balaban J connectivity index is 2.94. The van der Waals surface area contributed by atoms with Crippen molar-refractivity contribution in [2.45, 2.75) is 80.1 Å². The number of allylic oxidation sites excluding steroid dienone is 1. The molecule has 0 aromatic rings. The van der Waals surface area contributed by atoms with Crippen LogP contribution >= 0.6 is 0 Å². The lowest BCUT2D eigenvalue weighted by Gasteiger charge is -2.38. The van der Waals surface area contributed by atoms with Gasteiger partial charge in [-0.25, -0.2) is 0 Å². The fourth-order valence-electron chi connectivity index (χ4n) is 3.38. The van der Waals surface area contributed by atoms with Crippen molar-refractivity contribution in [1.29, 1.82) is 0 Å². The molecular weight excluding hydrogens is 204 g/mol. The monoisotopic (exact) mass is 236 g/mol. The Morgan fingerprint density at radius 2 is 1.35 bits per heavy atom. The molecule has 0 aromatic carbocycles. The van der Waals surface area contributed by atoms with Gasteiger partial charge < -0.3 is 0 Å². The van der Waals surface area contributed by atoms with Crippen molar-refractivity contribution in [2.75, 3.05) is 0 Å². The van der Waals surface area contributed by atoms with E-state index in [1.807, 2.05) is 0 Å². The highest BCUT2D eigenvalue weighted by Crippen LogP contribution is 2.48. The molecule has 1 fully saturated rings. The molecule has 0 nitrogen and oxygen atoms in total. The van der Waals surface area contributed by atoms with Gasteiger partial charge in [0.05, 0.1) is 0 Å². The molecule has 0 saturated heterocycles. The molecule has 0 heteroatoms. The molecule has 17 heavy (non-hydrogen) atoms. The predicted molar refractivity (Wildman–Crippen MR) is 78.2 cm³/mol. The van der Waals surface area contributed by atoms with Crippen LogP contribution in [-0.4, -0.2) is 0 Å². The molecule has 1 aliphatic carbocycles. The summed E-state index contributed by atoms with van der Waals surface area (Å²) in [4.78, 5) is 0. The van der Waals surface area contributed by atoms with Gasteiger partial charge in [-0.3, -0.25) is 0 Å². The Morgan fingerprint density at radius 3 is 1.88 bits per heavy atom. The van der Waals surface area contributed by atoms with Crippen molar-refractivity contribution in [3.8, 4) is 0 Å². The Bertz CT molecular complexity index is 282. The molecule has 0 heterocycles. The molecule has 1 rings (SSSR count). The van der Waals surface area contributed by atoms with Crippen LogP contribution in [0.2, 0.25) is 0 Å². The molecular formula is C17H32. The van der Waals surface area contributed by atoms with Gasteiger partial charge in [-0.2, -0.15) is 0 Å². The van der Waals surface area contributed by atoms with Crippen molar-refractivity contribution in [2.24, 2.45) is 16.2 Å². The van der Waals surface area contributed by atoms with Gasteiger partial charge >= 0.3 is 0 Å². The van der Waals surface area contributed by atoms with Crippen molar-refractivity contribution < 1.29 is 0 Å². The topological polar surface area (TPSA) is 0 Å². The third-order valence-corrected chi connectivity index (χ3v) is 4.96. The van der Waals surface area contributed by atoms with Crippen molar-refractivity contribution in [3.05, 3.63) is 12.2 Å². The molecule has 0 aliphatic heterocycles. The first-order valence-corrected chi connectivity index (χ1v) is 7.22. The maximum atomic E-state index is 4.27. The minimum Gasteiger partial charge on any atom is -0.0996 e. The number of hydrogen-bond acceptors (Lipinski definition) is 0. The van der Waals surface area contributed by atoms with E-state index in [1.54, 1.807) is 0 Å². The zero-order chi connectivity index (χ0) is 13.3. The second-order valence-electron chi connectivity index (χ2n) is 8.20. The highest BCUT2D eigenvalue weighted by atomic mass is 14.4. The summed E-state index contributed by atoms with van der Waals surface area (Å²) in [7, 11) is 0. The van der Waals surface area contributed by atoms with Crippen molar-refractivity contribution in [3.63, 3.8) is 0 Å². The van der Waals surface area contributed by atoms with Crippen LogP contribution in [0.25, 0.3) is 0 Å². The average molecular weight is 236 g/mol. The van der Waals surface area contributed by atoms with Gasteiger partial charge in [0.15, 0.2) is 0 Å². The lowest BCUT2D eigenvalue weighted by Crippen LogP contribution is -2.27. The zero-order valence-corrected chi connectivity index (χ0v) is 12.9. The fourth-order valence-corrected chi connectivity index (χ4v) is 3.38. The Morgan fingerprint density at radius 1 is 0.824 bits per heavy atom. The van der Waals surface area contributed by atoms with Gasteiger partial charge in [-0.1, -0.05) is 53.2 Å². The predicted octanol–water partition coefficient (Wildman–Crippen LogP) is 5.98. The molecule has 1 saturated carbocycles. The molecule has 1 atom stereocenters. The van der Waals surface area contributed by atoms with Crippen LogP contribution in [0.15, 0.2) is 12.2 Å². The maximum absolute atomic E-state index is 4.27. The van der Waals surface area contributed by atoms with E-state index in [0.29, 0.717) is 16.2 Å². The summed E-state index contributed by atoms with van der Waals surface area (Å²) in [5.74, 6) is 0. The van der Waals surface area contributed by atoms with Crippen molar-refractivity contribution >= 4 is 0 Å². The quantitative estimate of drug-likeness (QED) is 0.492. The van der Waals surface area contributed by atoms with E-state index in [9.17, 15) is 0 Å². The van der Waals surface area contributed by atoms with Crippen LogP contribution in [0.5, 0.6) is 0 Å². The van der Waals surface area contributed by atoms with E-state index in [4.69, 9.17) is 0 Å². The minimum atomic E-state index is 0.338. The van der Waals surface area contributed by atoms with Crippen molar-refractivity contribution in [1.82, 2.24) is 0 Å². The third-order valence-electron chi connectivity index (χ3n) is 4.96. The van der Waals surface area contributed by atoms with Gasteiger partial charge in [-0.15, -0.1) is 0 Å². The van der Waals surface area contributed by atoms with Crippen LogP contribution in [0.3, 0.4) is 0 Å². The van der Waals surface area contributed by atoms with E-state index in [0.717, 1.165) is 0 Å². The molecule has 0 radical (unpaired) electrons. The van der Waals surface area contributed by atoms with E-state index in [1.165, 1.54) is 44.1 Å². The Hall–Kier alpha value is -0.260. The highest BCUT2D eigenvalue weighted by Gasteiger charge is 2.36. The van der Waals surface area contributed by atoms with E-state index in [-0.39, 0.29) is 0 Å². The summed E-state index contributed by atoms with van der Waals surface area (Å²) in [5, 5.41) is 0. The lowest BCUT2D eigenvalue weighted by molar-refractivity contribution is 0.184. The van der Waals surface area contributed by atoms with Crippen LogP contribution in [0.1, 0.15) is 80.1 Å². The first kappa shape index (κ1) is 14.8. The summed E-state index contributed by atoms with van der Waals surface area (Å²) in [5.41, 5.74) is 2.69. The van der Waals surface area contributed by atoms with Gasteiger partial charge in [0.2, 0.25) is 0 Å². The smallest absolute Gasteiger partial charge is 0.0117 e. The van der Waals surface area contributed by atoms with Gasteiger partial charge in [0.25, 0.3) is 0 Å². The molecule has 0 N–H and O–H groups in total. The lowest BCUT2D eigenvalue weighted by atomic mass is 9.67. The van der Waals surface area contributed by atoms with E-state index >= 15 is 0 Å². The van der Waals surface area contributed by atoms with Gasteiger partial charge in [0, 0.05) is 0 Å². The zero-order valence-electron chi connectivity index (χ0n) is 12.9.